The third-order valence-electron chi connectivity index (χ3n) is 9.75. The SMILES string of the molecule is CCN(CC)c1ccc2c(c1)Oc1cc(N(CC)CC)ccc1C21c2ccccc2C(=O)N1CCN=Cc1ccnc2ccccc12. The summed E-state index contributed by atoms with van der Waals surface area (Å²) in [4.78, 5) is 30.5. The third kappa shape index (κ3) is 4.92. The number of para-hydroxylation sites is 1. The van der Waals surface area contributed by atoms with E-state index in [0.29, 0.717) is 13.1 Å². The van der Waals surface area contributed by atoms with E-state index < -0.39 is 5.54 Å². The molecule has 0 N–H and O–H groups in total. The molecule has 1 aromatic heterocycles. The van der Waals surface area contributed by atoms with Crippen LogP contribution in [0.4, 0.5) is 11.4 Å². The maximum Gasteiger partial charge on any atom is 0.255 e. The molecule has 7 nitrogen and oxygen atoms in total. The summed E-state index contributed by atoms with van der Waals surface area (Å²) in [6.45, 7) is 13.1. The van der Waals surface area contributed by atoms with Crippen molar-refractivity contribution in [2.75, 3.05) is 49.1 Å². The Morgan fingerprint density at radius 2 is 1.38 bits per heavy atom. The molecule has 0 saturated heterocycles. The maximum absolute atomic E-state index is 14.5. The van der Waals surface area contributed by atoms with Gasteiger partial charge in [-0.3, -0.25) is 14.8 Å². The zero-order valence-corrected chi connectivity index (χ0v) is 27.6. The number of fused-ring (bicyclic) bond motifs is 7. The van der Waals surface area contributed by atoms with Crippen LogP contribution in [0, 0.1) is 0 Å². The van der Waals surface area contributed by atoms with E-state index in [0.717, 1.165) is 87.8 Å². The van der Waals surface area contributed by atoms with Gasteiger partial charge >= 0.3 is 0 Å². The number of rotatable bonds is 10. The van der Waals surface area contributed by atoms with Crippen molar-refractivity contribution in [2.45, 2.75) is 33.2 Å². The molecule has 5 aromatic rings. The number of ether oxygens (including phenoxy) is 1. The minimum absolute atomic E-state index is 0.00426. The van der Waals surface area contributed by atoms with Gasteiger partial charge in [-0.1, -0.05) is 48.5 Å². The second kappa shape index (κ2) is 12.6. The van der Waals surface area contributed by atoms with E-state index in [-0.39, 0.29) is 5.91 Å². The quantitative estimate of drug-likeness (QED) is 0.148. The summed E-state index contributed by atoms with van der Waals surface area (Å²) in [7, 11) is 0. The van der Waals surface area contributed by atoms with Gasteiger partial charge in [0, 0.05) is 96.3 Å². The van der Waals surface area contributed by atoms with Gasteiger partial charge in [-0.2, -0.15) is 0 Å². The van der Waals surface area contributed by atoms with Crippen LogP contribution in [0.2, 0.25) is 0 Å². The predicted octanol–water partition coefficient (Wildman–Crippen LogP) is 7.90. The zero-order chi connectivity index (χ0) is 32.5. The summed E-state index contributed by atoms with van der Waals surface area (Å²) >= 11 is 0. The molecule has 7 rings (SSSR count). The molecule has 0 radical (unpaired) electrons. The van der Waals surface area contributed by atoms with Crippen molar-refractivity contribution in [1.82, 2.24) is 9.88 Å². The highest BCUT2D eigenvalue weighted by molar-refractivity contribution is 6.02. The highest BCUT2D eigenvalue weighted by atomic mass is 16.5. The summed E-state index contributed by atoms with van der Waals surface area (Å²) in [5, 5.41) is 1.06. The molecule has 2 aliphatic rings. The molecular weight excluding hydrogens is 582 g/mol. The summed E-state index contributed by atoms with van der Waals surface area (Å²) in [5.41, 5.74) is 6.93. The minimum atomic E-state index is -0.862. The average molecular weight is 624 g/mol. The number of nitrogens with zero attached hydrogens (tertiary/aromatic N) is 5. The highest BCUT2D eigenvalue weighted by Gasteiger charge is 2.56. The number of carbonyl (C=O) groups is 1. The van der Waals surface area contributed by atoms with Gasteiger partial charge in [-0.25, -0.2) is 0 Å². The monoisotopic (exact) mass is 623 g/mol. The molecular formula is C40H41N5O2. The van der Waals surface area contributed by atoms with E-state index >= 15 is 0 Å². The Bertz CT molecular complexity index is 1910. The summed E-state index contributed by atoms with van der Waals surface area (Å²) in [6.07, 6.45) is 3.72. The minimum Gasteiger partial charge on any atom is -0.456 e. The molecule has 238 valence electrons. The van der Waals surface area contributed by atoms with Gasteiger partial charge in [0.15, 0.2) is 0 Å². The first-order chi connectivity index (χ1) is 23.0. The van der Waals surface area contributed by atoms with Crippen molar-refractivity contribution < 1.29 is 9.53 Å². The molecule has 0 unspecified atom stereocenters. The van der Waals surface area contributed by atoms with Gasteiger partial charge in [-0.15, -0.1) is 0 Å². The topological polar surface area (TPSA) is 61.3 Å². The molecule has 0 atom stereocenters. The molecule has 3 heterocycles. The summed E-state index contributed by atoms with van der Waals surface area (Å²) in [6, 6.07) is 31.1. The molecule has 1 spiro atoms. The Labute approximate surface area is 277 Å². The second-order valence-corrected chi connectivity index (χ2v) is 12.0. The number of carbonyl (C=O) groups excluding carboxylic acids is 1. The van der Waals surface area contributed by atoms with E-state index in [4.69, 9.17) is 9.73 Å². The molecule has 0 saturated carbocycles. The number of aliphatic imine (C=N–C) groups is 1. The molecule has 0 bridgehead atoms. The first-order valence-electron chi connectivity index (χ1n) is 16.8. The van der Waals surface area contributed by atoms with Crippen LogP contribution in [0.25, 0.3) is 10.9 Å². The molecule has 1 amide bonds. The molecule has 7 heteroatoms. The van der Waals surface area contributed by atoms with Crippen molar-refractivity contribution in [3.8, 4) is 11.5 Å². The van der Waals surface area contributed by atoms with Crippen LogP contribution >= 0.6 is 0 Å². The van der Waals surface area contributed by atoms with Crippen LogP contribution in [0.15, 0.2) is 102 Å². The molecule has 0 aliphatic carbocycles. The van der Waals surface area contributed by atoms with Gasteiger partial charge in [0.1, 0.15) is 17.0 Å². The Morgan fingerprint density at radius 3 is 2.04 bits per heavy atom. The fourth-order valence-electron chi connectivity index (χ4n) is 7.45. The molecule has 0 fully saturated rings. The number of pyridine rings is 1. The number of amides is 1. The lowest BCUT2D eigenvalue weighted by molar-refractivity contribution is 0.0673. The second-order valence-electron chi connectivity index (χ2n) is 12.0. The summed E-state index contributed by atoms with van der Waals surface area (Å²) < 4.78 is 6.82. The lowest BCUT2D eigenvalue weighted by atomic mass is 9.74. The largest absolute Gasteiger partial charge is 0.456 e. The third-order valence-corrected chi connectivity index (χ3v) is 9.75. The van der Waals surface area contributed by atoms with Gasteiger partial charge in [0.2, 0.25) is 0 Å². The normalized spacial score (nSPS) is 14.3. The lowest BCUT2D eigenvalue weighted by Gasteiger charge is -2.44. The van der Waals surface area contributed by atoms with Crippen molar-refractivity contribution >= 4 is 34.4 Å². The van der Waals surface area contributed by atoms with Crippen molar-refractivity contribution in [3.63, 3.8) is 0 Å². The van der Waals surface area contributed by atoms with E-state index in [1.807, 2.05) is 59.8 Å². The van der Waals surface area contributed by atoms with E-state index in [9.17, 15) is 4.79 Å². The summed E-state index contributed by atoms with van der Waals surface area (Å²) in [5.74, 6) is 1.56. The fourth-order valence-corrected chi connectivity index (χ4v) is 7.45. The lowest BCUT2D eigenvalue weighted by Crippen LogP contribution is -2.48. The number of hydrogen-bond acceptors (Lipinski definition) is 6. The van der Waals surface area contributed by atoms with Gasteiger partial charge in [0.25, 0.3) is 5.91 Å². The van der Waals surface area contributed by atoms with Gasteiger partial charge in [-0.05, 0) is 63.6 Å². The Balaban J connectivity index is 1.37. The van der Waals surface area contributed by atoms with Gasteiger partial charge in [0.05, 0.1) is 12.1 Å². The Hall–Kier alpha value is -5.17. The van der Waals surface area contributed by atoms with Crippen LogP contribution < -0.4 is 14.5 Å². The van der Waals surface area contributed by atoms with Crippen LogP contribution in [0.5, 0.6) is 11.5 Å². The highest BCUT2D eigenvalue weighted by Crippen LogP contribution is 2.58. The molecule has 47 heavy (non-hydrogen) atoms. The van der Waals surface area contributed by atoms with Crippen LogP contribution in [-0.2, 0) is 5.54 Å². The average Bonchev–Trinajstić information content (AvgIpc) is 3.35. The number of benzene rings is 4. The van der Waals surface area contributed by atoms with Crippen LogP contribution in [0.3, 0.4) is 0 Å². The van der Waals surface area contributed by atoms with Crippen LogP contribution in [0.1, 0.15) is 60.3 Å². The van der Waals surface area contributed by atoms with E-state index in [1.165, 1.54) is 0 Å². The molecule has 2 aliphatic heterocycles. The smallest absolute Gasteiger partial charge is 0.255 e. The number of hydrogen-bond donors (Lipinski definition) is 0. The van der Waals surface area contributed by atoms with Crippen molar-refractivity contribution in [2.24, 2.45) is 4.99 Å². The standard InChI is InChI=1S/C40H41N5O2/c1-5-43(6-2)29-17-19-34-37(25-29)47-38-26-30(44(7-3)8-4)18-20-35(38)40(34)33-15-11-9-14-32(33)39(46)45(40)24-23-41-27-28-21-22-42-36-16-12-10-13-31(28)36/h9-22,25-27H,5-8,23-24H2,1-4H3. The molecule has 4 aromatic carbocycles. The first kappa shape index (κ1) is 30.5. The van der Waals surface area contributed by atoms with Crippen molar-refractivity contribution in [3.05, 3.63) is 125 Å². The van der Waals surface area contributed by atoms with Crippen LogP contribution in [-0.4, -0.2) is 61.3 Å². The van der Waals surface area contributed by atoms with Crippen molar-refractivity contribution in [1.29, 1.82) is 0 Å². The van der Waals surface area contributed by atoms with E-state index in [1.54, 1.807) is 0 Å². The van der Waals surface area contributed by atoms with E-state index in [2.05, 4.69) is 91.0 Å². The Kier molecular flexibility index (Phi) is 8.14. The maximum atomic E-state index is 14.5. The Morgan fingerprint density at radius 1 is 0.766 bits per heavy atom. The predicted molar refractivity (Wildman–Crippen MR) is 192 cm³/mol. The fraction of sp³-hybridized carbons (Fsp3) is 0.275. The van der Waals surface area contributed by atoms with Gasteiger partial charge < -0.3 is 19.4 Å². The first-order valence-corrected chi connectivity index (χ1v) is 16.8. The number of aromatic nitrogens is 1. The zero-order valence-electron chi connectivity index (χ0n) is 27.6. The number of anilines is 2.